The van der Waals surface area contributed by atoms with Crippen LogP contribution in [0.4, 0.5) is 5.69 Å². The summed E-state index contributed by atoms with van der Waals surface area (Å²) in [7, 11) is 1.92. The van der Waals surface area contributed by atoms with Gasteiger partial charge >= 0.3 is 0 Å². The lowest BCUT2D eigenvalue weighted by Gasteiger charge is -2.16. The van der Waals surface area contributed by atoms with Crippen LogP contribution in [0.3, 0.4) is 0 Å². The molecule has 0 saturated heterocycles. The Morgan fingerprint density at radius 2 is 1.95 bits per heavy atom. The summed E-state index contributed by atoms with van der Waals surface area (Å²) >= 11 is 0. The Bertz CT molecular complexity index is 828. The van der Waals surface area contributed by atoms with Crippen LogP contribution in [0, 0.1) is 11.3 Å². The van der Waals surface area contributed by atoms with E-state index >= 15 is 0 Å². The van der Waals surface area contributed by atoms with Crippen molar-refractivity contribution in [3.63, 3.8) is 0 Å². The quantitative estimate of drug-likeness (QED) is 0.799. The van der Waals surface area contributed by atoms with E-state index in [9.17, 15) is 5.26 Å². The van der Waals surface area contributed by atoms with Crippen molar-refractivity contribution in [3.8, 4) is 6.07 Å². The zero-order chi connectivity index (χ0) is 14.8. The van der Waals surface area contributed by atoms with Gasteiger partial charge in [-0.2, -0.15) is 5.26 Å². The number of benzene rings is 2. The normalized spacial score (nSPS) is 12.0. The zero-order valence-corrected chi connectivity index (χ0v) is 11.9. The smallest absolute Gasteiger partial charge is 0.154 e. The third kappa shape index (κ3) is 2.32. The maximum absolute atomic E-state index is 9.20. The Kier molecular flexibility index (Phi) is 3.28. The summed E-state index contributed by atoms with van der Waals surface area (Å²) in [6, 6.07) is 13.9. The van der Waals surface area contributed by atoms with Crippen LogP contribution in [0.15, 0.2) is 42.7 Å². The Labute approximate surface area is 122 Å². The van der Waals surface area contributed by atoms with Gasteiger partial charge < -0.3 is 9.88 Å². The van der Waals surface area contributed by atoms with Gasteiger partial charge in [-0.25, -0.2) is 0 Å². The van der Waals surface area contributed by atoms with Crippen LogP contribution in [-0.2, 0) is 7.05 Å². The average molecular weight is 277 g/mol. The molecule has 5 nitrogen and oxygen atoms in total. The van der Waals surface area contributed by atoms with Gasteiger partial charge in [-0.15, -0.1) is 10.2 Å². The highest BCUT2D eigenvalue weighted by Gasteiger charge is 2.13. The number of aromatic nitrogens is 3. The summed E-state index contributed by atoms with van der Waals surface area (Å²) in [4.78, 5) is 0. The number of nitriles is 1. The third-order valence-corrected chi connectivity index (χ3v) is 3.55. The molecule has 0 fully saturated rings. The molecule has 0 bridgehead atoms. The Hall–Kier alpha value is -2.87. The SMILES string of the molecule is CC(Nc1ccc(C#N)c2ccccc12)c1nncn1C. The minimum Gasteiger partial charge on any atom is -0.375 e. The van der Waals surface area contributed by atoms with E-state index in [2.05, 4.69) is 21.6 Å². The van der Waals surface area contributed by atoms with Gasteiger partial charge in [-0.05, 0) is 19.1 Å². The number of hydrogen-bond acceptors (Lipinski definition) is 4. The van der Waals surface area contributed by atoms with E-state index in [0.29, 0.717) is 5.56 Å². The van der Waals surface area contributed by atoms with Crippen LogP contribution < -0.4 is 5.32 Å². The third-order valence-electron chi connectivity index (χ3n) is 3.55. The Morgan fingerprint density at radius 1 is 1.19 bits per heavy atom. The second-order valence-electron chi connectivity index (χ2n) is 4.98. The number of nitrogens with one attached hydrogen (secondary N) is 1. The maximum Gasteiger partial charge on any atom is 0.154 e. The number of rotatable bonds is 3. The van der Waals surface area contributed by atoms with Crippen molar-refractivity contribution >= 4 is 16.5 Å². The van der Waals surface area contributed by atoms with Crippen molar-refractivity contribution in [3.05, 3.63) is 54.1 Å². The molecule has 21 heavy (non-hydrogen) atoms. The molecule has 3 rings (SSSR count). The Morgan fingerprint density at radius 3 is 2.62 bits per heavy atom. The summed E-state index contributed by atoms with van der Waals surface area (Å²) in [6.45, 7) is 2.04. The maximum atomic E-state index is 9.20. The van der Waals surface area contributed by atoms with Gasteiger partial charge in [0, 0.05) is 23.5 Å². The van der Waals surface area contributed by atoms with Crippen molar-refractivity contribution in [2.24, 2.45) is 7.05 Å². The summed E-state index contributed by atoms with van der Waals surface area (Å²) in [6.07, 6.45) is 1.68. The van der Waals surface area contributed by atoms with Gasteiger partial charge in [0.05, 0.1) is 17.7 Å². The van der Waals surface area contributed by atoms with E-state index in [0.717, 1.165) is 22.3 Å². The molecule has 104 valence electrons. The van der Waals surface area contributed by atoms with Crippen molar-refractivity contribution in [1.29, 1.82) is 5.26 Å². The van der Waals surface area contributed by atoms with Crippen molar-refractivity contribution in [2.75, 3.05) is 5.32 Å². The molecule has 1 heterocycles. The Balaban J connectivity index is 2.02. The van der Waals surface area contributed by atoms with Crippen LogP contribution >= 0.6 is 0 Å². The second kappa shape index (κ2) is 5.25. The zero-order valence-electron chi connectivity index (χ0n) is 11.9. The number of nitrogens with zero attached hydrogens (tertiary/aromatic N) is 4. The van der Waals surface area contributed by atoms with E-state index in [-0.39, 0.29) is 6.04 Å². The fraction of sp³-hybridized carbons (Fsp3) is 0.188. The van der Waals surface area contributed by atoms with E-state index in [1.54, 1.807) is 6.33 Å². The molecular weight excluding hydrogens is 262 g/mol. The monoisotopic (exact) mass is 277 g/mol. The van der Waals surface area contributed by atoms with Gasteiger partial charge in [-0.1, -0.05) is 24.3 Å². The minimum atomic E-state index is 0.0221. The van der Waals surface area contributed by atoms with Crippen molar-refractivity contribution in [1.82, 2.24) is 14.8 Å². The van der Waals surface area contributed by atoms with Crippen molar-refractivity contribution < 1.29 is 0 Å². The van der Waals surface area contributed by atoms with Gasteiger partial charge in [0.1, 0.15) is 6.33 Å². The molecule has 0 amide bonds. The number of anilines is 1. The lowest BCUT2D eigenvalue weighted by Crippen LogP contribution is -2.12. The predicted octanol–water partition coefficient (Wildman–Crippen LogP) is 3.01. The van der Waals surface area contributed by atoms with Gasteiger partial charge in [0.2, 0.25) is 0 Å². The van der Waals surface area contributed by atoms with Crippen LogP contribution in [0.2, 0.25) is 0 Å². The highest BCUT2D eigenvalue weighted by Crippen LogP contribution is 2.28. The molecule has 0 aliphatic rings. The van der Waals surface area contributed by atoms with E-state index in [1.807, 2.05) is 54.9 Å². The lowest BCUT2D eigenvalue weighted by molar-refractivity contribution is 0.720. The first kappa shape index (κ1) is 13.1. The minimum absolute atomic E-state index is 0.0221. The number of aryl methyl sites for hydroxylation is 1. The van der Waals surface area contributed by atoms with Crippen LogP contribution in [0.1, 0.15) is 24.4 Å². The van der Waals surface area contributed by atoms with Crippen LogP contribution in [0.5, 0.6) is 0 Å². The summed E-state index contributed by atoms with van der Waals surface area (Å²) in [5.41, 5.74) is 1.67. The van der Waals surface area contributed by atoms with E-state index in [4.69, 9.17) is 0 Å². The fourth-order valence-electron chi connectivity index (χ4n) is 2.50. The molecule has 1 aromatic heterocycles. The molecule has 3 aromatic rings. The highest BCUT2D eigenvalue weighted by atomic mass is 15.3. The standard InChI is InChI=1S/C16H15N5/c1-11(16-20-18-10-21(16)2)19-15-8-7-12(9-17)13-5-3-4-6-14(13)15/h3-8,10-11,19H,1-2H3. The molecule has 1 N–H and O–H groups in total. The van der Waals surface area contributed by atoms with E-state index < -0.39 is 0 Å². The molecule has 0 radical (unpaired) electrons. The lowest BCUT2D eigenvalue weighted by atomic mass is 10.0. The first-order valence-corrected chi connectivity index (χ1v) is 6.73. The highest BCUT2D eigenvalue weighted by molar-refractivity contribution is 5.97. The molecule has 1 atom stereocenters. The van der Waals surface area contributed by atoms with Gasteiger partial charge in [-0.3, -0.25) is 0 Å². The molecule has 0 aliphatic heterocycles. The topological polar surface area (TPSA) is 66.5 Å². The molecule has 0 aliphatic carbocycles. The summed E-state index contributed by atoms with van der Waals surface area (Å²) in [5, 5.41) is 22.7. The molecule has 0 saturated carbocycles. The predicted molar refractivity (Wildman–Crippen MR) is 81.7 cm³/mol. The first-order valence-electron chi connectivity index (χ1n) is 6.73. The number of hydrogen-bond donors (Lipinski definition) is 1. The second-order valence-corrected chi connectivity index (χ2v) is 4.98. The average Bonchev–Trinajstić information content (AvgIpc) is 2.94. The van der Waals surface area contributed by atoms with Gasteiger partial charge in [0.15, 0.2) is 5.82 Å². The van der Waals surface area contributed by atoms with E-state index in [1.165, 1.54) is 0 Å². The molecule has 1 unspecified atom stereocenters. The molecule has 2 aromatic carbocycles. The molecular formula is C16H15N5. The van der Waals surface area contributed by atoms with Crippen molar-refractivity contribution in [2.45, 2.75) is 13.0 Å². The van der Waals surface area contributed by atoms with Crippen LogP contribution in [0.25, 0.3) is 10.8 Å². The molecule has 0 spiro atoms. The molecule has 5 heteroatoms. The van der Waals surface area contributed by atoms with Gasteiger partial charge in [0.25, 0.3) is 0 Å². The fourth-order valence-corrected chi connectivity index (χ4v) is 2.50. The summed E-state index contributed by atoms with van der Waals surface area (Å²) < 4.78 is 1.89. The summed E-state index contributed by atoms with van der Waals surface area (Å²) in [5.74, 6) is 0.864. The number of fused-ring (bicyclic) bond motifs is 1. The largest absolute Gasteiger partial charge is 0.375 e. The van der Waals surface area contributed by atoms with Crippen LogP contribution in [-0.4, -0.2) is 14.8 Å². The first-order chi connectivity index (χ1) is 10.2.